The average Bonchev–Trinajstić information content (AvgIpc) is 3.01. The SMILES string of the molecule is Cc1occc1-c1noc(CC2CCCCC2N)n1. The predicted octanol–water partition coefficient (Wildman–Crippen LogP) is 2.70. The summed E-state index contributed by atoms with van der Waals surface area (Å²) in [5.74, 6) is 2.55. The van der Waals surface area contributed by atoms with Gasteiger partial charge in [-0.25, -0.2) is 0 Å². The Morgan fingerprint density at radius 3 is 2.95 bits per heavy atom. The van der Waals surface area contributed by atoms with Gasteiger partial charge in [0.1, 0.15) is 5.76 Å². The molecule has 0 radical (unpaired) electrons. The van der Waals surface area contributed by atoms with Gasteiger partial charge in [0.15, 0.2) is 0 Å². The summed E-state index contributed by atoms with van der Waals surface area (Å²) < 4.78 is 10.6. The summed E-state index contributed by atoms with van der Waals surface area (Å²) >= 11 is 0. The van der Waals surface area contributed by atoms with Gasteiger partial charge in [-0.2, -0.15) is 4.98 Å². The third-order valence-electron chi connectivity index (χ3n) is 3.97. The minimum absolute atomic E-state index is 0.264. The van der Waals surface area contributed by atoms with Crippen LogP contribution in [0, 0.1) is 12.8 Å². The van der Waals surface area contributed by atoms with Gasteiger partial charge in [-0.05, 0) is 31.7 Å². The highest BCUT2D eigenvalue weighted by Crippen LogP contribution is 2.27. The van der Waals surface area contributed by atoms with Crippen molar-refractivity contribution in [2.45, 2.75) is 45.1 Å². The van der Waals surface area contributed by atoms with Crippen LogP contribution in [0.3, 0.4) is 0 Å². The van der Waals surface area contributed by atoms with Crippen LogP contribution in [0.25, 0.3) is 11.4 Å². The van der Waals surface area contributed by atoms with Gasteiger partial charge >= 0.3 is 0 Å². The van der Waals surface area contributed by atoms with E-state index in [0.29, 0.717) is 17.6 Å². The van der Waals surface area contributed by atoms with Crippen LogP contribution in [0.1, 0.15) is 37.3 Å². The molecule has 2 N–H and O–H groups in total. The molecule has 19 heavy (non-hydrogen) atoms. The maximum absolute atomic E-state index is 6.15. The minimum atomic E-state index is 0.264. The zero-order valence-corrected chi connectivity index (χ0v) is 11.1. The van der Waals surface area contributed by atoms with E-state index in [1.807, 2.05) is 13.0 Å². The minimum Gasteiger partial charge on any atom is -0.469 e. The van der Waals surface area contributed by atoms with Gasteiger partial charge in [0, 0.05) is 12.5 Å². The molecule has 1 saturated carbocycles. The van der Waals surface area contributed by atoms with Crippen LogP contribution in [0.15, 0.2) is 21.3 Å². The molecular weight excluding hydrogens is 242 g/mol. The van der Waals surface area contributed by atoms with E-state index in [1.165, 1.54) is 12.8 Å². The molecule has 1 aliphatic rings. The van der Waals surface area contributed by atoms with Gasteiger partial charge in [-0.1, -0.05) is 18.0 Å². The number of aromatic nitrogens is 2. The van der Waals surface area contributed by atoms with Crippen molar-refractivity contribution in [2.24, 2.45) is 11.7 Å². The Labute approximate surface area is 112 Å². The highest BCUT2D eigenvalue weighted by atomic mass is 16.5. The molecular formula is C14H19N3O2. The van der Waals surface area contributed by atoms with Crippen LogP contribution in [0.2, 0.25) is 0 Å². The Kier molecular flexibility index (Phi) is 3.38. The smallest absolute Gasteiger partial charge is 0.227 e. The molecule has 0 saturated heterocycles. The number of nitrogens with zero attached hydrogens (tertiary/aromatic N) is 2. The quantitative estimate of drug-likeness (QED) is 0.919. The van der Waals surface area contributed by atoms with Crippen molar-refractivity contribution in [1.29, 1.82) is 0 Å². The third-order valence-corrected chi connectivity index (χ3v) is 3.97. The van der Waals surface area contributed by atoms with Crippen molar-refractivity contribution in [3.05, 3.63) is 24.0 Å². The Balaban J connectivity index is 1.73. The summed E-state index contributed by atoms with van der Waals surface area (Å²) in [6.07, 6.45) is 7.17. The number of furan rings is 1. The van der Waals surface area contributed by atoms with Crippen LogP contribution in [-0.4, -0.2) is 16.2 Å². The molecule has 0 amide bonds. The lowest BCUT2D eigenvalue weighted by Crippen LogP contribution is -2.34. The molecule has 2 unspecified atom stereocenters. The lowest BCUT2D eigenvalue weighted by atomic mass is 9.83. The van der Waals surface area contributed by atoms with E-state index < -0.39 is 0 Å². The average molecular weight is 261 g/mol. The van der Waals surface area contributed by atoms with Crippen molar-refractivity contribution < 1.29 is 8.94 Å². The summed E-state index contributed by atoms with van der Waals surface area (Å²) in [6, 6.07) is 2.12. The molecule has 0 bridgehead atoms. The highest BCUT2D eigenvalue weighted by molar-refractivity contribution is 5.56. The summed E-state index contributed by atoms with van der Waals surface area (Å²) in [7, 11) is 0. The van der Waals surface area contributed by atoms with Crippen molar-refractivity contribution in [1.82, 2.24) is 10.1 Å². The van der Waals surface area contributed by atoms with Crippen molar-refractivity contribution >= 4 is 0 Å². The second-order valence-electron chi connectivity index (χ2n) is 5.31. The monoisotopic (exact) mass is 261 g/mol. The summed E-state index contributed by atoms with van der Waals surface area (Å²) in [5.41, 5.74) is 7.04. The van der Waals surface area contributed by atoms with Crippen molar-refractivity contribution in [3.8, 4) is 11.4 Å². The summed E-state index contributed by atoms with van der Waals surface area (Å²) in [6.45, 7) is 1.89. The molecule has 2 aromatic heterocycles. The molecule has 1 aliphatic carbocycles. The Bertz CT molecular complexity index is 546. The standard InChI is InChI=1S/C14H19N3O2/c1-9-11(6-7-18-9)14-16-13(19-17-14)8-10-4-2-3-5-12(10)15/h6-7,10,12H,2-5,8,15H2,1H3. The molecule has 2 aromatic rings. The molecule has 0 aromatic carbocycles. The van der Waals surface area contributed by atoms with Gasteiger partial charge in [-0.15, -0.1) is 0 Å². The number of aryl methyl sites for hydroxylation is 1. The zero-order valence-electron chi connectivity index (χ0n) is 11.1. The molecule has 2 heterocycles. The van der Waals surface area contributed by atoms with Gasteiger partial charge in [0.2, 0.25) is 11.7 Å². The lowest BCUT2D eigenvalue weighted by Gasteiger charge is -2.27. The molecule has 3 rings (SSSR count). The van der Waals surface area contributed by atoms with E-state index in [9.17, 15) is 0 Å². The normalized spacial score (nSPS) is 23.7. The zero-order chi connectivity index (χ0) is 13.2. The predicted molar refractivity (Wildman–Crippen MR) is 70.4 cm³/mol. The van der Waals surface area contributed by atoms with E-state index in [0.717, 1.165) is 30.6 Å². The van der Waals surface area contributed by atoms with Crippen LogP contribution in [0.4, 0.5) is 0 Å². The Morgan fingerprint density at radius 2 is 2.21 bits per heavy atom. The molecule has 2 atom stereocenters. The van der Waals surface area contributed by atoms with Gasteiger partial charge in [0.25, 0.3) is 0 Å². The first-order valence-corrected chi connectivity index (χ1v) is 6.86. The van der Waals surface area contributed by atoms with E-state index in [-0.39, 0.29) is 6.04 Å². The topological polar surface area (TPSA) is 78.1 Å². The highest BCUT2D eigenvalue weighted by Gasteiger charge is 2.24. The molecule has 102 valence electrons. The third kappa shape index (κ3) is 2.56. The number of rotatable bonds is 3. The van der Waals surface area contributed by atoms with Crippen LogP contribution < -0.4 is 5.73 Å². The molecule has 0 spiro atoms. The second kappa shape index (κ2) is 5.17. The number of hydrogen-bond donors (Lipinski definition) is 1. The number of hydrogen-bond acceptors (Lipinski definition) is 5. The van der Waals surface area contributed by atoms with E-state index in [1.54, 1.807) is 6.26 Å². The van der Waals surface area contributed by atoms with Crippen molar-refractivity contribution in [2.75, 3.05) is 0 Å². The molecule has 5 nitrogen and oxygen atoms in total. The van der Waals surface area contributed by atoms with E-state index >= 15 is 0 Å². The number of nitrogens with two attached hydrogens (primary N) is 1. The first-order valence-electron chi connectivity index (χ1n) is 6.86. The fraction of sp³-hybridized carbons (Fsp3) is 0.571. The van der Waals surface area contributed by atoms with Gasteiger partial charge in [0.05, 0.1) is 11.8 Å². The maximum Gasteiger partial charge on any atom is 0.227 e. The fourth-order valence-electron chi connectivity index (χ4n) is 2.78. The molecule has 5 heteroatoms. The fourth-order valence-corrected chi connectivity index (χ4v) is 2.78. The summed E-state index contributed by atoms with van der Waals surface area (Å²) in [4.78, 5) is 4.45. The Hall–Kier alpha value is -1.62. The van der Waals surface area contributed by atoms with Crippen molar-refractivity contribution in [3.63, 3.8) is 0 Å². The second-order valence-corrected chi connectivity index (χ2v) is 5.31. The largest absolute Gasteiger partial charge is 0.469 e. The lowest BCUT2D eigenvalue weighted by molar-refractivity contribution is 0.273. The van der Waals surface area contributed by atoms with Gasteiger partial charge in [-0.3, -0.25) is 0 Å². The molecule has 1 fully saturated rings. The molecule has 0 aliphatic heterocycles. The van der Waals surface area contributed by atoms with Gasteiger partial charge < -0.3 is 14.7 Å². The van der Waals surface area contributed by atoms with Crippen LogP contribution >= 0.6 is 0 Å². The first-order chi connectivity index (χ1) is 9.24. The van der Waals surface area contributed by atoms with Crippen LogP contribution in [0.5, 0.6) is 0 Å². The Morgan fingerprint density at radius 1 is 1.37 bits per heavy atom. The first kappa shape index (κ1) is 12.4. The van der Waals surface area contributed by atoms with E-state index in [2.05, 4.69) is 10.1 Å². The van der Waals surface area contributed by atoms with E-state index in [4.69, 9.17) is 14.7 Å². The maximum atomic E-state index is 6.15. The van der Waals surface area contributed by atoms with Crippen LogP contribution in [-0.2, 0) is 6.42 Å². The summed E-state index contributed by atoms with van der Waals surface area (Å²) in [5, 5.41) is 4.02.